The fourth-order valence-corrected chi connectivity index (χ4v) is 3.43. The molecule has 0 saturated carbocycles. The van der Waals surface area contributed by atoms with E-state index in [0.29, 0.717) is 22.2 Å². The predicted molar refractivity (Wildman–Crippen MR) is 108 cm³/mol. The summed E-state index contributed by atoms with van der Waals surface area (Å²) >= 11 is 5.98. The number of hydrogen-bond donors (Lipinski definition) is 1. The summed E-state index contributed by atoms with van der Waals surface area (Å²) in [5.41, 5.74) is 2.93. The average molecular weight is 422 g/mol. The number of aryl methyl sites for hydroxylation is 4. The molecule has 0 unspecified atom stereocenters. The number of halogens is 1. The molecular weight excluding hydrogens is 398 g/mol. The number of ketones is 1. The van der Waals surface area contributed by atoms with E-state index in [4.69, 9.17) is 25.8 Å². The molecule has 0 fully saturated rings. The van der Waals surface area contributed by atoms with Crippen LogP contribution in [0.5, 0.6) is 5.75 Å². The van der Waals surface area contributed by atoms with Crippen molar-refractivity contribution >= 4 is 29.3 Å². The van der Waals surface area contributed by atoms with Gasteiger partial charge in [0.2, 0.25) is 5.78 Å². The SMILES string of the molecule is CCOC(=O)c1c(C)[nH]c(C)c1C(=O)COC(=O)COc1c(C)cc(Cl)cc1C. The summed E-state index contributed by atoms with van der Waals surface area (Å²) in [6, 6.07) is 3.46. The van der Waals surface area contributed by atoms with Crippen molar-refractivity contribution in [3.8, 4) is 5.75 Å². The molecule has 0 aliphatic carbocycles. The third kappa shape index (κ3) is 5.38. The van der Waals surface area contributed by atoms with Gasteiger partial charge in [-0.1, -0.05) is 11.6 Å². The standard InChI is InChI=1S/C21H24ClNO6/c1-6-27-21(26)19-14(5)23-13(4)18(19)16(24)9-28-17(25)10-29-20-11(2)7-15(22)8-12(20)3/h7-8,23H,6,9-10H2,1-5H3. The van der Waals surface area contributed by atoms with Gasteiger partial charge < -0.3 is 19.2 Å². The van der Waals surface area contributed by atoms with Crippen molar-refractivity contribution in [2.24, 2.45) is 0 Å². The fraction of sp³-hybridized carbons (Fsp3) is 0.381. The summed E-state index contributed by atoms with van der Waals surface area (Å²) in [4.78, 5) is 39.7. The number of Topliss-reactive ketones (excluding diaryl/α,β-unsaturated/α-hetero) is 1. The first kappa shape index (κ1) is 22.5. The minimum Gasteiger partial charge on any atom is -0.481 e. The molecule has 2 aromatic rings. The first-order chi connectivity index (χ1) is 13.6. The molecule has 1 N–H and O–H groups in total. The average Bonchev–Trinajstić information content (AvgIpc) is 2.93. The van der Waals surface area contributed by atoms with Gasteiger partial charge in [0, 0.05) is 16.4 Å². The second kappa shape index (κ2) is 9.60. The number of hydrogen-bond acceptors (Lipinski definition) is 6. The Labute approximate surface area is 174 Å². The monoisotopic (exact) mass is 421 g/mol. The number of benzene rings is 1. The first-order valence-electron chi connectivity index (χ1n) is 9.10. The number of esters is 2. The van der Waals surface area contributed by atoms with Gasteiger partial charge in [-0.3, -0.25) is 4.79 Å². The molecule has 0 amide bonds. The molecule has 1 heterocycles. The largest absolute Gasteiger partial charge is 0.481 e. The number of H-pyrrole nitrogens is 1. The van der Waals surface area contributed by atoms with E-state index < -0.39 is 24.3 Å². The molecule has 0 bridgehead atoms. The molecule has 156 valence electrons. The molecule has 1 aromatic carbocycles. The number of carbonyl (C=O) groups excluding carboxylic acids is 3. The predicted octanol–water partition coefficient (Wildman–Crippen LogP) is 3.88. The van der Waals surface area contributed by atoms with Gasteiger partial charge in [-0.2, -0.15) is 0 Å². The van der Waals surface area contributed by atoms with E-state index in [-0.39, 0.29) is 24.3 Å². The zero-order chi connectivity index (χ0) is 21.7. The molecule has 29 heavy (non-hydrogen) atoms. The van der Waals surface area contributed by atoms with Crippen LogP contribution in [-0.2, 0) is 14.3 Å². The lowest BCUT2D eigenvalue weighted by Gasteiger charge is -2.12. The molecule has 0 spiro atoms. The maximum absolute atomic E-state index is 12.6. The van der Waals surface area contributed by atoms with Gasteiger partial charge in [-0.15, -0.1) is 0 Å². The van der Waals surface area contributed by atoms with Crippen molar-refractivity contribution in [3.05, 3.63) is 50.8 Å². The van der Waals surface area contributed by atoms with Crippen molar-refractivity contribution in [2.45, 2.75) is 34.6 Å². The molecule has 0 aliphatic heterocycles. The Morgan fingerprint density at radius 3 is 2.10 bits per heavy atom. The van der Waals surface area contributed by atoms with Gasteiger partial charge in [0.15, 0.2) is 13.2 Å². The van der Waals surface area contributed by atoms with Crippen LogP contribution in [0, 0.1) is 27.7 Å². The third-order valence-electron chi connectivity index (χ3n) is 4.26. The van der Waals surface area contributed by atoms with E-state index in [1.165, 1.54) is 0 Å². The van der Waals surface area contributed by atoms with Crippen LogP contribution in [0.1, 0.15) is 50.2 Å². The van der Waals surface area contributed by atoms with Crippen molar-refractivity contribution in [1.29, 1.82) is 0 Å². The lowest BCUT2D eigenvalue weighted by atomic mass is 10.1. The molecule has 0 radical (unpaired) electrons. The van der Waals surface area contributed by atoms with Crippen LogP contribution in [0.3, 0.4) is 0 Å². The van der Waals surface area contributed by atoms with Crippen molar-refractivity contribution in [2.75, 3.05) is 19.8 Å². The maximum atomic E-state index is 12.6. The highest BCUT2D eigenvalue weighted by atomic mass is 35.5. The zero-order valence-corrected chi connectivity index (χ0v) is 17.9. The lowest BCUT2D eigenvalue weighted by molar-refractivity contribution is -0.144. The van der Waals surface area contributed by atoms with E-state index in [9.17, 15) is 14.4 Å². The van der Waals surface area contributed by atoms with Crippen LogP contribution < -0.4 is 4.74 Å². The van der Waals surface area contributed by atoms with E-state index in [1.807, 2.05) is 13.8 Å². The number of nitrogens with one attached hydrogen (secondary N) is 1. The van der Waals surface area contributed by atoms with E-state index >= 15 is 0 Å². The Morgan fingerprint density at radius 2 is 1.52 bits per heavy atom. The number of rotatable bonds is 8. The number of ether oxygens (including phenoxy) is 3. The van der Waals surface area contributed by atoms with Crippen molar-refractivity contribution in [3.63, 3.8) is 0 Å². The number of aromatic nitrogens is 1. The van der Waals surface area contributed by atoms with E-state index in [2.05, 4.69) is 4.98 Å². The normalized spacial score (nSPS) is 10.6. The second-order valence-corrected chi connectivity index (χ2v) is 7.02. The first-order valence-corrected chi connectivity index (χ1v) is 9.48. The summed E-state index contributed by atoms with van der Waals surface area (Å²) in [6.45, 7) is 7.98. The van der Waals surface area contributed by atoms with Gasteiger partial charge >= 0.3 is 11.9 Å². The smallest absolute Gasteiger partial charge is 0.344 e. The van der Waals surface area contributed by atoms with Crippen molar-refractivity contribution in [1.82, 2.24) is 4.98 Å². The molecule has 2 rings (SSSR count). The van der Waals surface area contributed by atoms with Gasteiger partial charge in [-0.25, -0.2) is 9.59 Å². The van der Waals surface area contributed by atoms with Crippen LogP contribution >= 0.6 is 11.6 Å². The Bertz CT molecular complexity index is 924. The molecule has 0 aliphatic rings. The van der Waals surface area contributed by atoms with Crippen LogP contribution in [0.2, 0.25) is 5.02 Å². The number of aromatic amines is 1. The highest BCUT2D eigenvalue weighted by Crippen LogP contribution is 2.27. The minimum absolute atomic E-state index is 0.161. The highest BCUT2D eigenvalue weighted by Gasteiger charge is 2.26. The van der Waals surface area contributed by atoms with Crippen LogP contribution in [0.15, 0.2) is 12.1 Å². The quantitative estimate of drug-likeness (QED) is 0.513. The molecule has 1 aromatic heterocycles. The second-order valence-electron chi connectivity index (χ2n) is 6.59. The molecule has 0 atom stereocenters. The minimum atomic E-state index is -0.699. The van der Waals surface area contributed by atoms with Crippen LogP contribution in [0.25, 0.3) is 0 Å². The molecule has 7 nitrogen and oxygen atoms in total. The van der Waals surface area contributed by atoms with Crippen molar-refractivity contribution < 1.29 is 28.6 Å². The van der Waals surface area contributed by atoms with Gasteiger partial charge in [0.1, 0.15) is 5.75 Å². The molecule has 8 heteroatoms. The Morgan fingerprint density at radius 1 is 0.931 bits per heavy atom. The summed E-state index contributed by atoms with van der Waals surface area (Å²) in [5.74, 6) is -1.25. The van der Waals surface area contributed by atoms with Gasteiger partial charge in [0.05, 0.1) is 17.7 Å². The Kier molecular flexibility index (Phi) is 7.45. The van der Waals surface area contributed by atoms with E-state index in [1.54, 1.807) is 32.9 Å². The molecule has 0 saturated heterocycles. The van der Waals surface area contributed by atoms with E-state index in [0.717, 1.165) is 11.1 Å². The van der Waals surface area contributed by atoms with Crippen LogP contribution in [0.4, 0.5) is 0 Å². The summed E-state index contributed by atoms with van der Waals surface area (Å²) in [7, 11) is 0. The number of carbonyl (C=O) groups is 3. The Hall–Kier alpha value is -2.80. The summed E-state index contributed by atoms with van der Waals surface area (Å²) in [6.07, 6.45) is 0. The molecular formula is C21H24ClNO6. The fourth-order valence-electron chi connectivity index (χ4n) is 3.10. The Balaban J connectivity index is 2.01. The van der Waals surface area contributed by atoms with Gasteiger partial charge in [0.25, 0.3) is 0 Å². The summed E-state index contributed by atoms with van der Waals surface area (Å²) < 4.78 is 15.6. The van der Waals surface area contributed by atoms with Gasteiger partial charge in [-0.05, 0) is 57.9 Å². The lowest BCUT2D eigenvalue weighted by Crippen LogP contribution is -2.21. The highest BCUT2D eigenvalue weighted by molar-refractivity contribution is 6.30. The third-order valence-corrected chi connectivity index (χ3v) is 4.48. The topological polar surface area (TPSA) is 94.7 Å². The maximum Gasteiger partial charge on any atom is 0.344 e. The van der Waals surface area contributed by atoms with Crippen LogP contribution in [-0.4, -0.2) is 42.5 Å². The summed E-state index contributed by atoms with van der Waals surface area (Å²) in [5, 5.41) is 0.579. The zero-order valence-electron chi connectivity index (χ0n) is 17.1.